The van der Waals surface area contributed by atoms with Gasteiger partial charge in [-0.1, -0.05) is 20.8 Å². The molecular weight excluding hydrogens is 178 g/mol. The SMILES string of the molecule is CC(C)(C)c1nsc2c1CCCC2. The predicted octanol–water partition coefficient (Wildman–Crippen LogP) is 3.32. The van der Waals surface area contributed by atoms with E-state index in [2.05, 4.69) is 25.1 Å². The lowest BCUT2D eigenvalue weighted by Crippen LogP contribution is -2.15. The number of hydrogen-bond donors (Lipinski definition) is 0. The van der Waals surface area contributed by atoms with Gasteiger partial charge in [0.15, 0.2) is 0 Å². The largest absolute Gasteiger partial charge is 0.197 e. The summed E-state index contributed by atoms with van der Waals surface area (Å²) in [5.41, 5.74) is 3.16. The molecule has 13 heavy (non-hydrogen) atoms. The zero-order valence-corrected chi connectivity index (χ0v) is 9.50. The summed E-state index contributed by atoms with van der Waals surface area (Å²) in [6.45, 7) is 6.78. The quantitative estimate of drug-likeness (QED) is 0.619. The minimum Gasteiger partial charge on any atom is -0.197 e. The van der Waals surface area contributed by atoms with Gasteiger partial charge in [0.2, 0.25) is 0 Å². The number of hydrogen-bond acceptors (Lipinski definition) is 2. The molecule has 2 heteroatoms. The fraction of sp³-hybridized carbons (Fsp3) is 0.727. The first kappa shape index (κ1) is 9.20. The Balaban J connectivity index is 2.43. The third-order valence-electron chi connectivity index (χ3n) is 2.66. The van der Waals surface area contributed by atoms with E-state index in [1.807, 2.05) is 0 Å². The van der Waals surface area contributed by atoms with E-state index in [1.54, 1.807) is 22.0 Å². The summed E-state index contributed by atoms with van der Waals surface area (Å²) in [5.74, 6) is 0. The van der Waals surface area contributed by atoms with Crippen molar-refractivity contribution in [3.63, 3.8) is 0 Å². The molecule has 0 saturated heterocycles. The van der Waals surface area contributed by atoms with E-state index in [0.29, 0.717) is 0 Å². The lowest BCUT2D eigenvalue weighted by molar-refractivity contribution is 0.559. The van der Waals surface area contributed by atoms with Crippen molar-refractivity contribution in [2.24, 2.45) is 0 Å². The predicted molar refractivity (Wildman–Crippen MR) is 57.5 cm³/mol. The summed E-state index contributed by atoms with van der Waals surface area (Å²) in [6, 6.07) is 0. The summed E-state index contributed by atoms with van der Waals surface area (Å²) in [7, 11) is 0. The number of fused-ring (bicyclic) bond motifs is 1. The van der Waals surface area contributed by atoms with Crippen molar-refractivity contribution in [2.75, 3.05) is 0 Å². The molecule has 0 saturated carbocycles. The van der Waals surface area contributed by atoms with Crippen LogP contribution in [0.3, 0.4) is 0 Å². The maximum atomic E-state index is 4.61. The van der Waals surface area contributed by atoms with E-state index in [9.17, 15) is 0 Å². The van der Waals surface area contributed by atoms with Crippen molar-refractivity contribution < 1.29 is 0 Å². The third-order valence-corrected chi connectivity index (χ3v) is 3.61. The standard InChI is InChI=1S/C11H17NS/c1-11(2,3)10-8-6-4-5-7-9(8)13-12-10/h4-7H2,1-3H3. The lowest BCUT2D eigenvalue weighted by atomic mass is 9.85. The van der Waals surface area contributed by atoms with Gasteiger partial charge in [0, 0.05) is 10.3 Å². The van der Waals surface area contributed by atoms with Gasteiger partial charge in [-0.05, 0) is 42.8 Å². The molecule has 0 aromatic carbocycles. The first-order valence-electron chi connectivity index (χ1n) is 5.07. The molecule has 1 nitrogen and oxygen atoms in total. The third kappa shape index (κ3) is 1.64. The van der Waals surface area contributed by atoms with Crippen LogP contribution in [0.2, 0.25) is 0 Å². The molecule has 0 radical (unpaired) electrons. The summed E-state index contributed by atoms with van der Waals surface area (Å²) in [4.78, 5) is 1.55. The molecule has 0 atom stereocenters. The van der Waals surface area contributed by atoms with Crippen molar-refractivity contribution in [3.8, 4) is 0 Å². The molecule has 0 bridgehead atoms. The Kier molecular flexibility index (Phi) is 2.18. The maximum Gasteiger partial charge on any atom is 0.0630 e. The molecule has 0 fully saturated rings. The van der Waals surface area contributed by atoms with Crippen molar-refractivity contribution in [3.05, 3.63) is 16.1 Å². The summed E-state index contributed by atoms with van der Waals surface area (Å²) in [6.07, 6.45) is 5.24. The van der Waals surface area contributed by atoms with Crippen LogP contribution in [0, 0.1) is 0 Å². The molecule has 1 aromatic rings. The molecule has 2 rings (SSSR count). The van der Waals surface area contributed by atoms with Gasteiger partial charge in [0.1, 0.15) is 0 Å². The van der Waals surface area contributed by atoms with Gasteiger partial charge < -0.3 is 0 Å². The normalized spacial score (nSPS) is 17.2. The summed E-state index contributed by atoms with van der Waals surface area (Å²) >= 11 is 1.73. The molecular formula is C11H17NS. The Morgan fingerprint density at radius 3 is 2.54 bits per heavy atom. The average Bonchev–Trinajstić information content (AvgIpc) is 2.45. The van der Waals surface area contributed by atoms with Crippen LogP contribution in [-0.2, 0) is 18.3 Å². The lowest BCUT2D eigenvalue weighted by Gasteiger charge is -2.20. The topological polar surface area (TPSA) is 12.9 Å². The second-order valence-electron chi connectivity index (χ2n) is 4.89. The Labute approximate surface area is 84.3 Å². The second-order valence-corrected chi connectivity index (χ2v) is 5.75. The molecule has 1 aliphatic carbocycles. The summed E-state index contributed by atoms with van der Waals surface area (Å²) < 4.78 is 4.61. The van der Waals surface area contributed by atoms with E-state index >= 15 is 0 Å². The molecule has 0 N–H and O–H groups in total. The second kappa shape index (κ2) is 3.09. The van der Waals surface area contributed by atoms with E-state index in [4.69, 9.17) is 0 Å². The molecule has 0 spiro atoms. The van der Waals surface area contributed by atoms with Crippen LogP contribution in [0.25, 0.3) is 0 Å². The first-order valence-corrected chi connectivity index (χ1v) is 5.84. The summed E-state index contributed by atoms with van der Waals surface area (Å²) in [5, 5.41) is 0. The van der Waals surface area contributed by atoms with Crippen molar-refractivity contribution in [2.45, 2.75) is 51.9 Å². The van der Waals surface area contributed by atoms with Crippen LogP contribution >= 0.6 is 11.5 Å². The van der Waals surface area contributed by atoms with Gasteiger partial charge in [0.05, 0.1) is 5.69 Å². The van der Waals surface area contributed by atoms with E-state index < -0.39 is 0 Å². The molecule has 1 aromatic heterocycles. The maximum absolute atomic E-state index is 4.61. The van der Waals surface area contributed by atoms with E-state index in [-0.39, 0.29) is 5.41 Å². The fourth-order valence-electron chi connectivity index (χ4n) is 1.97. The molecule has 1 aliphatic rings. The zero-order chi connectivity index (χ0) is 9.47. The Morgan fingerprint density at radius 2 is 1.85 bits per heavy atom. The highest BCUT2D eigenvalue weighted by Crippen LogP contribution is 2.34. The van der Waals surface area contributed by atoms with E-state index in [0.717, 1.165) is 0 Å². The van der Waals surface area contributed by atoms with Crippen molar-refractivity contribution in [1.29, 1.82) is 0 Å². The van der Waals surface area contributed by atoms with Crippen LogP contribution < -0.4 is 0 Å². The molecule has 72 valence electrons. The Hall–Kier alpha value is -0.370. The van der Waals surface area contributed by atoms with Gasteiger partial charge in [-0.15, -0.1) is 0 Å². The van der Waals surface area contributed by atoms with Crippen LogP contribution in [0.15, 0.2) is 0 Å². The van der Waals surface area contributed by atoms with Crippen LogP contribution in [0.5, 0.6) is 0 Å². The minimum atomic E-state index is 0.238. The van der Waals surface area contributed by atoms with Gasteiger partial charge in [-0.2, -0.15) is 4.37 Å². The van der Waals surface area contributed by atoms with Gasteiger partial charge in [0.25, 0.3) is 0 Å². The van der Waals surface area contributed by atoms with Crippen molar-refractivity contribution >= 4 is 11.5 Å². The Bertz CT molecular complexity index is 306. The minimum absolute atomic E-state index is 0.238. The van der Waals surface area contributed by atoms with Gasteiger partial charge in [-0.3, -0.25) is 0 Å². The number of nitrogens with zero attached hydrogens (tertiary/aromatic N) is 1. The van der Waals surface area contributed by atoms with Crippen molar-refractivity contribution in [1.82, 2.24) is 4.37 Å². The van der Waals surface area contributed by atoms with Crippen LogP contribution in [-0.4, -0.2) is 4.37 Å². The van der Waals surface area contributed by atoms with Gasteiger partial charge >= 0.3 is 0 Å². The van der Waals surface area contributed by atoms with Gasteiger partial charge in [-0.25, -0.2) is 0 Å². The molecule has 0 unspecified atom stereocenters. The Morgan fingerprint density at radius 1 is 1.15 bits per heavy atom. The highest BCUT2D eigenvalue weighted by molar-refractivity contribution is 7.06. The molecule has 0 amide bonds. The zero-order valence-electron chi connectivity index (χ0n) is 8.68. The highest BCUT2D eigenvalue weighted by atomic mass is 32.1. The molecule has 1 heterocycles. The number of aryl methyl sites for hydroxylation is 1. The van der Waals surface area contributed by atoms with Crippen LogP contribution in [0.4, 0.5) is 0 Å². The first-order chi connectivity index (χ1) is 6.09. The monoisotopic (exact) mass is 195 g/mol. The smallest absolute Gasteiger partial charge is 0.0630 e. The number of rotatable bonds is 0. The van der Waals surface area contributed by atoms with E-state index in [1.165, 1.54) is 31.4 Å². The molecule has 0 aliphatic heterocycles. The van der Waals surface area contributed by atoms with Crippen LogP contribution in [0.1, 0.15) is 49.7 Å². The fourth-order valence-corrected chi connectivity index (χ4v) is 3.10. The number of aromatic nitrogens is 1. The average molecular weight is 195 g/mol. The highest BCUT2D eigenvalue weighted by Gasteiger charge is 2.25.